The van der Waals surface area contributed by atoms with Crippen LogP contribution in [0.5, 0.6) is 0 Å². The largest absolute Gasteiger partial charge is 0.449 e. The average Bonchev–Trinajstić information content (AvgIpc) is 3.29. The molecule has 27 heavy (non-hydrogen) atoms. The Morgan fingerprint density at radius 2 is 1.78 bits per heavy atom. The summed E-state index contributed by atoms with van der Waals surface area (Å²) in [6.07, 6.45) is 2.85. The van der Waals surface area contributed by atoms with E-state index in [-0.39, 0.29) is 17.9 Å². The lowest BCUT2D eigenvalue weighted by molar-refractivity contribution is -0.138. The first-order valence-electron chi connectivity index (χ1n) is 9.67. The van der Waals surface area contributed by atoms with E-state index in [1.807, 2.05) is 27.7 Å². The summed E-state index contributed by atoms with van der Waals surface area (Å²) in [5.74, 6) is -0.485. The van der Waals surface area contributed by atoms with Gasteiger partial charge in [-0.2, -0.15) is 5.10 Å². The van der Waals surface area contributed by atoms with Crippen molar-refractivity contribution in [2.75, 3.05) is 13.1 Å². The number of amides is 1. The lowest BCUT2D eigenvalue weighted by Crippen LogP contribution is -2.38. The first kappa shape index (κ1) is 19.3. The van der Waals surface area contributed by atoms with Crippen molar-refractivity contribution >= 4 is 22.9 Å². The van der Waals surface area contributed by atoms with Crippen LogP contribution in [0.1, 0.15) is 75.5 Å². The van der Waals surface area contributed by atoms with E-state index in [4.69, 9.17) is 9.72 Å². The molecule has 0 N–H and O–H groups in total. The molecule has 0 saturated carbocycles. The smallest absolute Gasteiger partial charge is 0.339 e. The second kappa shape index (κ2) is 7.66. The Morgan fingerprint density at radius 3 is 2.37 bits per heavy atom. The summed E-state index contributed by atoms with van der Waals surface area (Å²) in [6, 6.07) is 1.88. The monoisotopic (exact) mass is 372 g/mol. The molecular formula is C20H28N4O3. The Hall–Kier alpha value is -2.44. The van der Waals surface area contributed by atoms with Gasteiger partial charge in [-0.05, 0) is 45.6 Å². The van der Waals surface area contributed by atoms with Gasteiger partial charge >= 0.3 is 5.97 Å². The van der Waals surface area contributed by atoms with Gasteiger partial charge in [0.05, 0.1) is 17.1 Å². The van der Waals surface area contributed by atoms with Crippen molar-refractivity contribution in [2.24, 2.45) is 0 Å². The lowest BCUT2D eigenvalue weighted by Gasteiger charge is -2.20. The molecule has 146 valence electrons. The van der Waals surface area contributed by atoms with Crippen LogP contribution in [-0.4, -0.2) is 50.7 Å². The van der Waals surface area contributed by atoms with E-state index in [1.165, 1.54) is 0 Å². The van der Waals surface area contributed by atoms with Crippen LogP contribution in [0.4, 0.5) is 0 Å². The van der Waals surface area contributed by atoms with Crippen molar-refractivity contribution < 1.29 is 14.3 Å². The van der Waals surface area contributed by atoms with Crippen LogP contribution in [-0.2, 0) is 9.53 Å². The predicted molar refractivity (Wildman–Crippen MR) is 103 cm³/mol. The van der Waals surface area contributed by atoms with Crippen molar-refractivity contribution in [3.63, 3.8) is 0 Å². The normalized spacial score (nSPS) is 15.7. The van der Waals surface area contributed by atoms with Crippen LogP contribution < -0.4 is 0 Å². The third-order valence-corrected chi connectivity index (χ3v) is 4.94. The molecule has 0 unspecified atom stereocenters. The van der Waals surface area contributed by atoms with Gasteiger partial charge in [-0.3, -0.25) is 4.79 Å². The highest BCUT2D eigenvalue weighted by molar-refractivity contribution is 6.03. The number of ether oxygens (including phenoxy) is 1. The number of aromatic nitrogens is 3. The zero-order valence-corrected chi connectivity index (χ0v) is 16.7. The number of hydrogen-bond donors (Lipinski definition) is 0. The summed E-state index contributed by atoms with van der Waals surface area (Å²) >= 11 is 0. The molecular weight excluding hydrogens is 344 g/mol. The molecule has 3 heterocycles. The maximum absolute atomic E-state index is 12.9. The second-order valence-corrected chi connectivity index (χ2v) is 7.75. The minimum atomic E-state index is -0.804. The lowest BCUT2D eigenvalue weighted by atomic mass is 10.1. The zero-order chi connectivity index (χ0) is 19.7. The van der Waals surface area contributed by atoms with Crippen LogP contribution in [0.3, 0.4) is 0 Å². The molecule has 0 aromatic carbocycles. The van der Waals surface area contributed by atoms with Crippen LogP contribution in [0.25, 0.3) is 11.0 Å². The number of rotatable bonds is 5. The summed E-state index contributed by atoms with van der Waals surface area (Å²) < 4.78 is 7.33. The fourth-order valence-electron chi connectivity index (χ4n) is 3.35. The standard InChI is InChI=1S/C20H28N4O3/c1-12(2)17-10-15(16-11-21-24(13(3)4)18(16)22-17)20(26)27-14(5)19(25)23-8-6-7-9-23/h10-14H,6-9H2,1-5H3/t14-/m1/s1. The van der Waals surface area contributed by atoms with E-state index in [0.29, 0.717) is 16.6 Å². The van der Waals surface area contributed by atoms with Crippen LogP contribution in [0.15, 0.2) is 12.3 Å². The van der Waals surface area contributed by atoms with Gasteiger partial charge in [0, 0.05) is 24.8 Å². The molecule has 2 aromatic rings. The molecule has 0 radical (unpaired) electrons. The van der Waals surface area contributed by atoms with Crippen LogP contribution in [0, 0.1) is 0 Å². The average molecular weight is 372 g/mol. The number of carbonyl (C=O) groups excluding carboxylic acids is 2. The Bertz CT molecular complexity index is 850. The summed E-state index contributed by atoms with van der Waals surface area (Å²) in [4.78, 5) is 31.8. The summed E-state index contributed by atoms with van der Waals surface area (Å²) in [5, 5.41) is 5.04. The van der Waals surface area contributed by atoms with Crippen molar-refractivity contribution in [3.8, 4) is 0 Å². The number of carbonyl (C=O) groups is 2. The first-order chi connectivity index (χ1) is 12.8. The Balaban J connectivity index is 1.92. The Labute approximate surface area is 159 Å². The van der Waals surface area contributed by atoms with Gasteiger partial charge in [-0.1, -0.05) is 13.8 Å². The van der Waals surface area contributed by atoms with Crippen LogP contribution >= 0.6 is 0 Å². The minimum absolute atomic E-state index is 0.122. The number of esters is 1. The van der Waals surface area contributed by atoms with Gasteiger partial charge in [0.2, 0.25) is 0 Å². The molecule has 1 saturated heterocycles. The van der Waals surface area contributed by atoms with Gasteiger partial charge in [0.15, 0.2) is 11.8 Å². The summed E-state index contributed by atoms with van der Waals surface area (Å²) in [7, 11) is 0. The highest BCUT2D eigenvalue weighted by atomic mass is 16.5. The molecule has 1 amide bonds. The molecule has 7 nitrogen and oxygen atoms in total. The van der Waals surface area contributed by atoms with Gasteiger partial charge in [0.1, 0.15) is 0 Å². The number of likely N-dealkylation sites (tertiary alicyclic amines) is 1. The fourth-order valence-corrected chi connectivity index (χ4v) is 3.35. The van der Waals surface area contributed by atoms with Crippen molar-refractivity contribution in [3.05, 3.63) is 23.5 Å². The van der Waals surface area contributed by atoms with E-state index in [1.54, 1.807) is 28.8 Å². The van der Waals surface area contributed by atoms with Crippen molar-refractivity contribution in [2.45, 2.75) is 65.5 Å². The molecule has 1 aliphatic rings. The SMILES string of the molecule is CC(C)c1cc(C(=O)O[C@H](C)C(=O)N2CCCC2)c2cnn(C(C)C)c2n1. The molecule has 1 atom stereocenters. The fraction of sp³-hybridized carbons (Fsp3) is 0.600. The Morgan fingerprint density at radius 1 is 1.11 bits per heavy atom. The molecule has 0 spiro atoms. The predicted octanol–water partition coefficient (Wildman–Crippen LogP) is 3.30. The molecule has 0 bridgehead atoms. The number of fused-ring (bicyclic) bond motifs is 1. The Kier molecular flexibility index (Phi) is 5.48. The molecule has 0 aliphatic carbocycles. The molecule has 7 heteroatoms. The minimum Gasteiger partial charge on any atom is -0.449 e. The number of nitrogens with zero attached hydrogens (tertiary/aromatic N) is 4. The second-order valence-electron chi connectivity index (χ2n) is 7.75. The van der Waals surface area contributed by atoms with E-state index >= 15 is 0 Å². The third-order valence-electron chi connectivity index (χ3n) is 4.94. The summed E-state index contributed by atoms with van der Waals surface area (Å²) in [5.41, 5.74) is 1.88. The highest BCUT2D eigenvalue weighted by Crippen LogP contribution is 2.25. The van der Waals surface area contributed by atoms with Crippen molar-refractivity contribution in [1.29, 1.82) is 0 Å². The van der Waals surface area contributed by atoms with Crippen molar-refractivity contribution in [1.82, 2.24) is 19.7 Å². The number of hydrogen-bond acceptors (Lipinski definition) is 5. The molecule has 1 aliphatic heterocycles. The summed E-state index contributed by atoms with van der Waals surface area (Å²) in [6.45, 7) is 11.2. The molecule has 2 aromatic heterocycles. The van der Waals surface area contributed by atoms with Crippen LogP contribution in [0.2, 0.25) is 0 Å². The van der Waals surface area contributed by atoms with Gasteiger partial charge in [0.25, 0.3) is 5.91 Å². The highest BCUT2D eigenvalue weighted by Gasteiger charge is 2.28. The van der Waals surface area contributed by atoms with E-state index < -0.39 is 12.1 Å². The van der Waals surface area contributed by atoms with Gasteiger partial charge in [-0.15, -0.1) is 0 Å². The molecule has 3 rings (SSSR count). The first-order valence-corrected chi connectivity index (χ1v) is 9.67. The van der Waals surface area contributed by atoms with E-state index in [0.717, 1.165) is 31.6 Å². The quantitative estimate of drug-likeness (QED) is 0.753. The third kappa shape index (κ3) is 3.82. The molecule has 1 fully saturated rings. The van der Waals surface area contributed by atoms with E-state index in [2.05, 4.69) is 5.10 Å². The topological polar surface area (TPSA) is 77.3 Å². The zero-order valence-electron chi connectivity index (χ0n) is 16.7. The maximum Gasteiger partial charge on any atom is 0.339 e. The van der Waals surface area contributed by atoms with Gasteiger partial charge < -0.3 is 9.64 Å². The van der Waals surface area contributed by atoms with E-state index in [9.17, 15) is 9.59 Å². The maximum atomic E-state index is 12.9. The van der Waals surface area contributed by atoms with Gasteiger partial charge in [-0.25, -0.2) is 14.5 Å². The number of pyridine rings is 1.